The van der Waals surface area contributed by atoms with Crippen molar-refractivity contribution in [2.45, 2.75) is 18.9 Å². The van der Waals surface area contributed by atoms with Crippen molar-refractivity contribution in [3.05, 3.63) is 88.7 Å². The number of carbonyl (C=O) groups excluding carboxylic acids is 1. The number of nitrogens with zero attached hydrogens (tertiary/aromatic N) is 1. The Labute approximate surface area is 181 Å². The van der Waals surface area contributed by atoms with Gasteiger partial charge in [-0.05, 0) is 53.3 Å². The van der Waals surface area contributed by atoms with Gasteiger partial charge in [-0.2, -0.15) is 0 Å². The third-order valence-electron chi connectivity index (χ3n) is 5.30. The van der Waals surface area contributed by atoms with E-state index in [1.165, 1.54) is 17.2 Å². The largest absolute Gasteiger partial charge is 0.486 e. The fraction of sp³-hybridized carbons (Fsp3) is 0.130. The Morgan fingerprint density at radius 2 is 1.93 bits per heavy atom. The summed E-state index contributed by atoms with van der Waals surface area (Å²) >= 11 is 6.13. The molecule has 30 heavy (non-hydrogen) atoms. The molecule has 0 saturated carbocycles. The summed E-state index contributed by atoms with van der Waals surface area (Å²) in [6.07, 6.45) is 6.59. The SMILES string of the molecule is O=C1C=C(c2ccc(O[C@@H]3CCc4c(-c5cncc(Cl)c5)cccc43)cc2)S(=O)N1. The van der Waals surface area contributed by atoms with Gasteiger partial charge in [0, 0.05) is 24.0 Å². The molecule has 0 radical (unpaired) electrons. The molecule has 1 N–H and O–H groups in total. The summed E-state index contributed by atoms with van der Waals surface area (Å²) in [4.78, 5) is 16.1. The molecule has 5 rings (SSSR count). The summed E-state index contributed by atoms with van der Waals surface area (Å²) in [5, 5.41) is 0.617. The highest BCUT2D eigenvalue weighted by Crippen LogP contribution is 2.40. The second-order valence-electron chi connectivity index (χ2n) is 7.18. The smallest absolute Gasteiger partial charge is 0.257 e. The minimum atomic E-state index is -1.50. The number of aromatic nitrogens is 1. The van der Waals surface area contributed by atoms with Gasteiger partial charge in [-0.1, -0.05) is 41.9 Å². The van der Waals surface area contributed by atoms with E-state index in [-0.39, 0.29) is 12.0 Å². The van der Waals surface area contributed by atoms with Crippen LogP contribution in [0.2, 0.25) is 5.02 Å². The highest BCUT2D eigenvalue weighted by atomic mass is 35.5. The number of pyridine rings is 1. The predicted octanol–water partition coefficient (Wildman–Crippen LogP) is 4.60. The standard InChI is InChI=1S/C23H17ClN2O3S/c24-16-10-15(12-25-13-16)18-2-1-3-20-19(18)8-9-21(20)29-17-6-4-14(5-7-17)22-11-23(27)26-30(22)28/h1-7,10-13,21H,8-9H2,(H,26,27)/t21-,30?/m1/s1. The zero-order valence-corrected chi connectivity index (χ0v) is 17.4. The van der Waals surface area contributed by atoms with Gasteiger partial charge in [-0.15, -0.1) is 0 Å². The number of nitrogens with one attached hydrogen (secondary N) is 1. The van der Waals surface area contributed by atoms with E-state index in [0.29, 0.717) is 9.93 Å². The Morgan fingerprint density at radius 3 is 2.67 bits per heavy atom. The fourth-order valence-electron chi connectivity index (χ4n) is 3.97. The maximum absolute atomic E-state index is 11.9. The average Bonchev–Trinajstić information content (AvgIpc) is 3.31. The highest BCUT2D eigenvalue weighted by molar-refractivity contribution is 7.93. The van der Waals surface area contributed by atoms with Gasteiger partial charge in [0.25, 0.3) is 5.91 Å². The monoisotopic (exact) mass is 436 g/mol. The van der Waals surface area contributed by atoms with Crippen LogP contribution in [0.1, 0.15) is 29.2 Å². The van der Waals surface area contributed by atoms with Crippen LogP contribution in [0.3, 0.4) is 0 Å². The van der Waals surface area contributed by atoms with Gasteiger partial charge in [-0.3, -0.25) is 14.5 Å². The minimum Gasteiger partial charge on any atom is -0.486 e. The highest BCUT2D eigenvalue weighted by Gasteiger charge is 2.27. The molecule has 7 heteroatoms. The predicted molar refractivity (Wildman–Crippen MR) is 117 cm³/mol. The fourth-order valence-corrected chi connectivity index (χ4v) is 5.06. The first kappa shape index (κ1) is 19.0. The Balaban J connectivity index is 1.38. The van der Waals surface area contributed by atoms with Crippen LogP contribution < -0.4 is 9.46 Å². The van der Waals surface area contributed by atoms with Crippen molar-refractivity contribution < 1.29 is 13.7 Å². The minimum absolute atomic E-state index is 0.0407. The van der Waals surface area contributed by atoms with Crippen LogP contribution in [-0.2, 0) is 22.2 Å². The number of hydrogen-bond donors (Lipinski definition) is 1. The Kier molecular flexibility index (Phi) is 4.89. The lowest BCUT2D eigenvalue weighted by Crippen LogP contribution is -2.16. The van der Waals surface area contributed by atoms with Crippen LogP contribution in [0.4, 0.5) is 0 Å². The molecule has 0 bridgehead atoms. The topological polar surface area (TPSA) is 68.3 Å². The lowest BCUT2D eigenvalue weighted by Gasteiger charge is -2.16. The molecule has 2 atom stereocenters. The first-order valence-electron chi connectivity index (χ1n) is 9.52. The van der Waals surface area contributed by atoms with Gasteiger partial charge in [0.15, 0.2) is 11.0 Å². The number of benzene rings is 2. The molecular formula is C23H17ClN2O3S. The molecule has 0 spiro atoms. The van der Waals surface area contributed by atoms with E-state index in [9.17, 15) is 9.00 Å². The molecule has 1 unspecified atom stereocenters. The van der Waals surface area contributed by atoms with E-state index in [4.69, 9.17) is 16.3 Å². The number of rotatable bonds is 4. The number of carbonyl (C=O) groups is 1. The molecule has 1 aliphatic carbocycles. The lowest BCUT2D eigenvalue weighted by atomic mass is 9.98. The normalized spacial score (nSPS) is 19.9. The van der Waals surface area contributed by atoms with Gasteiger partial charge < -0.3 is 4.74 Å². The number of fused-ring (bicyclic) bond motifs is 1. The van der Waals surface area contributed by atoms with Gasteiger partial charge in [-0.25, -0.2) is 4.21 Å². The summed E-state index contributed by atoms with van der Waals surface area (Å²) in [6.45, 7) is 0. The molecule has 5 nitrogen and oxygen atoms in total. The molecule has 3 aromatic rings. The quantitative estimate of drug-likeness (QED) is 0.648. The zero-order chi connectivity index (χ0) is 20.7. The molecule has 0 fully saturated rings. The van der Waals surface area contributed by atoms with E-state index in [2.05, 4.69) is 21.8 Å². The summed E-state index contributed by atoms with van der Waals surface area (Å²) in [5.41, 5.74) is 5.31. The molecule has 150 valence electrons. The van der Waals surface area contributed by atoms with Crippen molar-refractivity contribution in [3.63, 3.8) is 0 Å². The maximum Gasteiger partial charge on any atom is 0.257 e. The van der Waals surface area contributed by atoms with Crippen LogP contribution in [0.25, 0.3) is 16.0 Å². The molecule has 2 aromatic carbocycles. The van der Waals surface area contributed by atoms with Crippen LogP contribution in [0.15, 0.2) is 67.0 Å². The van der Waals surface area contributed by atoms with E-state index in [1.54, 1.807) is 6.20 Å². The Bertz CT molecular complexity index is 1210. The van der Waals surface area contributed by atoms with Crippen molar-refractivity contribution in [2.75, 3.05) is 0 Å². The van der Waals surface area contributed by atoms with Crippen LogP contribution in [0.5, 0.6) is 5.75 Å². The molecule has 1 aromatic heterocycles. The first-order valence-corrected chi connectivity index (χ1v) is 11.0. The number of halogens is 1. The number of amides is 1. The summed E-state index contributed by atoms with van der Waals surface area (Å²) in [7, 11) is -1.50. The Hall–Kier alpha value is -2.96. The van der Waals surface area contributed by atoms with Crippen molar-refractivity contribution >= 4 is 33.4 Å². The van der Waals surface area contributed by atoms with E-state index in [1.807, 2.05) is 42.6 Å². The molecule has 2 aliphatic rings. The van der Waals surface area contributed by atoms with Crippen molar-refractivity contribution in [1.29, 1.82) is 0 Å². The van der Waals surface area contributed by atoms with Gasteiger partial charge in [0.05, 0.1) is 9.93 Å². The first-order chi connectivity index (χ1) is 14.6. The summed E-state index contributed by atoms with van der Waals surface area (Å²) < 4.78 is 20.6. The number of hydrogen-bond acceptors (Lipinski definition) is 4. The van der Waals surface area contributed by atoms with Gasteiger partial charge in [0.1, 0.15) is 11.9 Å². The van der Waals surface area contributed by atoms with E-state index in [0.717, 1.165) is 35.3 Å². The lowest BCUT2D eigenvalue weighted by molar-refractivity contribution is -0.114. The summed E-state index contributed by atoms with van der Waals surface area (Å²) in [5.74, 6) is 0.395. The Morgan fingerprint density at radius 1 is 1.10 bits per heavy atom. The van der Waals surface area contributed by atoms with Crippen molar-refractivity contribution in [2.24, 2.45) is 0 Å². The number of ether oxygens (including phenoxy) is 1. The second kappa shape index (κ2) is 7.70. The third kappa shape index (κ3) is 3.53. The maximum atomic E-state index is 11.9. The van der Waals surface area contributed by atoms with Crippen molar-refractivity contribution in [1.82, 2.24) is 9.71 Å². The van der Waals surface area contributed by atoms with Gasteiger partial charge in [0.2, 0.25) is 0 Å². The van der Waals surface area contributed by atoms with Crippen LogP contribution in [-0.4, -0.2) is 15.1 Å². The average molecular weight is 437 g/mol. The van der Waals surface area contributed by atoms with Crippen LogP contribution >= 0.6 is 11.6 Å². The van der Waals surface area contributed by atoms with Crippen molar-refractivity contribution in [3.8, 4) is 16.9 Å². The van der Waals surface area contributed by atoms with E-state index >= 15 is 0 Å². The molecule has 2 heterocycles. The molecule has 0 saturated heterocycles. The summed E-state index contributed by atoms with van der Waals surface area (Å²) in [6, 6.07) is 15.5. The molecule has 1 amide bonds. The van der Waals surface area contributed by atoms with Crippen LogP contribution in [0, 0.1) is 0 Å². The molecular weight excluding hydrogens is 420 g/mol. The zero-order valence-electron chi connectivity index (χ0n) is 15.8. The van der Waals surface area contributed by atoms with Gasteiger partial charge >= 0.3 is 0 Å². The molecule has 1 aliphatic heterocycles. The third-order valence-corrected chi connectivity index (χ3v) is 6.65. The second-order valence-corrected chi connectivity index (χ2v) is 8.80. The van der Waals surface area contributed by atoms with E-state index < -0.39 is 11.0 Å².